The SMILES string of the molecule is NC(=O)[C@@H](NC(=O)c1ccccc1-c1ccccc1)C1CC1. The van der Waals surface area contributed by atoms with E-state index in [0.717, 1.165) is 24.0 Å². The van der Waals surface area contributed by atoms with E-state index in [-0.39, 0.29) is 11.8 Å². The largest absolute Gasteiger partial charge is 0.368 e. The summed E-state index contributed by atoms with van der Waals surface area (Å²) in [6, 6.07) is 16.5. The minimum Gasteiger partial charge on any atom is -0.368 e. The van der Waals surface area contributed by atoms with E-state index in [9.17, 15) is 9.59 Å². The maximum atomic E-state index is 12.6. The summed E-state index contributed by atoms with van der Waals surface area (Å²) >= 11 is 0. The Kier molecular flexibility index (Phi) is 3.92. The summed E-state index contributed by atoms with van der Waals surface area (Å²) < 4.78 is 0. The fraction of sp³-hybridized carbons (Fsp3) is 0.222. The molecular formula is C18H18N2O2. The predicted molar refractivity (Wildman–Crippen MR) is 85.1 cm³/mol. The van der Waals surface area contributed by atoms with Gasteiger partial charge in [0.1, 0.15) is 6.04 Å². The molecule has 1 aliphatic carbocycles. The van der Waals surface area contributed by atoms with Gasteiger partial charge in [0, 0.05) is 5.56 Å². The Bertz CT molecular complexity index is 693. The normalized spacial score (nSPS) is 15.1. The summed E-state index contributed by atoms with van der Waals surface area (Å²) in [4.78, 5) is 24.1. The first kappa shape index (κ1) is 14.3. The molecule has 0 unspecified atom stereocenters. The van der Waals surface area contributed by atoms with E-state index in [4.69, 9.17) is 5.73 Å². The smallest absolute Gasteiger partial charge is 0.252 e. The van der Waals surface area contributed by atoms with E-state index < -0.39 is 11.9 Å². The van der Waals surface area contributed by atoms with Crippen molar-refractivity contribution in [2.24, 2.45) is 11.7 Å². The number of hydrogen-bond acceptors (Lipinski definition) is 2. The maximum absolute atomic E-state index is 12.6. The first-order valence-corrected chi connectivity index (χ1v) is 7.41. The van der Waals surface area contributed by atoms with Gasteiger partial charge in [0.25, 0.3) is 5.91 Å². The molecule has 0 radical (unpaired) electrons. The standard InChI is InChI=1S/C18H18N2O2/c19-17(21)16(13-10-11-13)20-18(22)15-9-5-4-8-14(15)12-6-2-1-3-7-12/h1-9,13,16H,10-11H2,(H2,19,21)(H,20,22)/t16-/m0/s1. The van der Waals surface area contributed by atoms with E-state index in [1.54, 1.807) is 6.07 Å². The number of carbonyl (C=O) groups is 2. The number of primary amides is 1. The van der Waals surface area contributed by atoms with Crippen molar-refractivity contribution in [2.75, 3.05) is 0 Å². The number of hydrogen-bond donors (Lipinski definition) is 2. The lowest BCUT2D eigenvalue weighted by Crippen LogP contribution is -2.46. The van der Waals surface area contributed by atoms with Gasteiger partial charge in [0.05, 0.1) is 0 Å². The minimum atomic E-state index is -0.573. The van der Waals surface area contributed by atoms with Gasteiger partial charge in [-0.2, -0.15) is 0 Å². The average Bonchev–Trinajstić information content (AvgIpc) is 3.37. The van der Waals surface area contributed by atoms with E-state index in [0.29, 0.717) is 5.56 Å². The van der Waals surface area contributed by atoms with Crippen LogP contribution in [0.4, 0.5) is 0 Å². The molecular weight excluding hydrogens is 276 g/mol. The number of nitrogens with one attached hydrogen (secondary N) is 1. The second-order valence-electron chi connectivity index (χ2n) is 5.60. The average molecular weight is 294 g/mol. The molecule has 1 saturated carbocycles. The summed E-state index contributed by atoms with van der Waals surface area (Å²) in [5.74, 6) is -0.534. The molecule has 0 spiro atoms. The summed E-state index contributed by atoms with van der Waals surface area (Å²) in [6.45, 7) is 0. The molecule has 3 rings (SSSR count). The predicted octanol–water partition coefficient (Wildman–Crippen LogP) is 2.35. The quantitative estimate of drug-likeness (QED) is 0.888. The molecule has 112 valence electrons. The lowest BCUT2D eigenvalue weighted by molar-refractivity contribution is -0.120. The highest BCUT2D eigenvalue weighted by atomic mass is 16.2. The highest BCUT2D eigenvalue weighted by molar-refractivity contribution is 6.02. The van der Waals surface area contributed by atoms with Crippen LogP contribution in [0.2, 0.25) is 0 Å². The number of nitrogens with two attached hydrogens (primary N) is 1. The summed E-state index contributed by atoms with van der Waals surface area (Å²) in [7, 11) is 0. The van der Waals surface area contributed by atoms with Crippen LogP contribution in [-0.4, -0.2) is 17.9 Å². The number of amides is 2. The van der Waals surface area contributed by atoms with Crippen molar-refractivity contribution in [1.82, 2.24) is 5.32 Å². The Labute approximate surface area is 129 Å². The lowest BCUT2D eigenvalue weighted by Gasteiger charge is -2.16. The van der Waals surface area contributed by atoms with Crippen molar-refractivity contribution in [3.63, 3.8) is 0 Å². The van der Waals surface area contributed by atoms with E-state index in [1.165, 1.54) is 0 Å². The number of rotatable bonds is 5. The van der Waals surface area contributed by atoms with Crippen LogP contribution < -0.4 is 11.1 Å². The zero-order valence-electron chi connectivity index (χ0n) is 12.2. The first-order valence-electron chi connectivity index (χ1n) is 7.41. The van der Waals surface area contributed by atoms with Gasteiger partial charge in [0.2, 0.25) is 5.91 Å². The Balaban J connectivity index is 1.88. The third kappa shape index (κ3) is 3.01. The first-order chi connectivity index (χ1) is 10.7. The Morgan fingerprint density at radius 2 is 1.64 bits per heavy atom. The van der Waals surface area contributed by atoms with Gasteiger partial charge in [-0.15, -0.1) is 0 Å². The zero-order chi connectivity index (χ0) is 15.5. The van der Waals surface area contributed by atoms with Crippen molar-refractivity contribution >= 4 is 11.8 Å². The van der Waals surface area contributed by atoms with Gasteiger partial charge in [-0.25, -0.2) is 0 Å². The Morgan fingerprint density at radius 3 is 2.27 bits per heavy atom. The molecule has 2 aromatic rings. The third-order valence-corrected chi connectivity index (χ3v) is 3.94. The van der Waals surface area contributed by atoms with Crippen LogP contribution in [0.15, 0.2) is 54.6 Å². The summed E-state index contributed by atoms with van der Waals surface area (Å²) in [5, 5.41) is 2.79. The van der Waals surface area contributed by atoms with Crippen molar-refractivity contribution in [2.45, 2.75) is 18.9 Å². The molecule has 0 aliphatic heterocycles. The molecule has 1 fully saturated rings. The lowest BCUT2D eigenvalue weighted by atomic mass is 9.99. The molecule has 22 heavy (non-hydrogen) atoms. The van der Waals surface area contributed by atoms with Crippen LogP contribution in [0.3, 0.4) is 0 Å². The highest BCUT2D eigenvalue weighted by Gasteiger charge is 2.36. The molecule has 0 aromatic heterocycles. The molecule has 2 aromatic carbocycles. The van der Waals surface area contributed by atoms with Crippen molar-refractivity contribution in [3.05, 3.63) is 60.2 Å². The Morgan fingerprint density at radius 1 is 1.00 bits per heavy atom. The van der Waals surface area contributed by atoms with Crippen LogP contribution >= 0.6 is 0 Å². The third-order valence-electron chi connectivity index (χ3n) is 3.94. The van der Waals surface area contributed by atoms with Gasteiger partial charge in [-0.05, 0) is 36.0 Å². The van der Waals surface area contributed by atoms with Crippen molar-refractivity contribution in [1.29, 1.82) is 0 Å². The molecule has 2 amide bonds. The molecule has 3 N–H and O–H groups in total. The monoisotopic (exact) mass is 294 g/mol. The molecule has 1 aliphatic rings. The topological polar surface area (TPSA) is 72.2 Å². The fourth-order valence-electron chi connectivity index (χ4n) is 2.62. The minimum absolute atomic E-state index is 0.185. The van der Waals surface area contributed by atoms with Crippen LogP contribution in [-0.2, 0) is 4.79 Å². The van der Waals surface area contributed by atoms with Crippen LogP contribution in [0.25, 0.3) is 11.1 Å². The van der Waals surface area contributed by atoms with Crippen LogP contribution in [0, 0.1) is 5.92 Å². The van der Waals surface area contributed by atoms with Crippen LogP contribution in [0.1, 0.15) is 23.2 Å². The number of carbonyl (C=O) groups excluding carboxylic acids is 2. The fourth-order valence-corrected chi connectivity index (χ4v) is 2.62. The maximum Gasteiger partial charge on any atom is 0.252 e. The second kappa shape index (κ2) is 6.02. The van der Waals surface area contributed by atoms with E-state index >= 15 is 0 Å². The summed E-state index contributed by atoms with van der Waals surface area (Å²) in [5.41, 5.74) is 7.77. The molecule has 4 nitrogen and oxygen atoms in total. The number of benzene rings is 2. The molecule has 0 bridgehead atoms. The van der Waals surface area contributed by atoms with Gasteiger partial charge < -0.3 is 11.1 Å². The van der Waals surface area contributed by atoms with E-state index in [1.807, 2.05) is 48.5 Å². The van der Waals surface area contributed by atoms with Gasteiger partial charge in [-0.3, -0.25) is 9.59 Å². The van der Waals surface area contributed by atoms with Crippen molar-refractivity contribution in [3.8, 4) is 11.1 Å². The molecule has 4 heteroatoms. The zero-order valence-corrected chi connectivity index (χ0v) is 12.2. The summed E-state index contributed by atoms with van der Waals surface area (Å²) in [6.07, 6.45) is 1.88. The van der Waals surface area contributed by atoms with Gasteiger partial charge >= 0.3 is 0 Å². The second-order valence-corrected chi connectivity index (χ2v) is 5.60. The Hall–Kier alpha value is -2.62. The molecule has 1 atom stereocenters. The van der Waals surface area contributed by atoms with Crippen molar-refractivity contribution < 1.29 is 9.59 Å². The van der Waals surface area contributed by atoms with E-state index in [2.05, 4.69) is 5.32 Å². The van der Waals surface area contributed by atoms with Crippen LogP contribution in [0.5, 0.6) is 0 Å². The highest BCUT2D eigenvalue weighted by Crippen LogP contribution is 2.33. The molecule has 0 heterocycles. The van der Waals surface area contributed by atoms with Gasteiger partial charge in [0.15, 0.2) is 0 Å². The van der Waals surface area contributed by atoms with Gasteiger partial charge in [-0.1, -0.05) is 48.5 Å². The molecule has 0 saturated heterocycles.